The van der Waals surface area contributed by atoms with E-state index in [9.17, 15) is 18.0 Å². The summed E-state index contributed by atoms with van der Waals surface area (Å²) in [5.41, 5.74) is 0.0928. The molecule has 1 aromatic rings. The van der Waals surface area contributed by atoms with Crippen molar-refractivity contribution in [2.24, 2.45) is 0 Å². The van der Waals surface area contributed by atoms with Crippen LogP contribution in [0.25, 0.3) is 0 Å². The molecule has 2 fully saturated rings. The van der Waals surface area contributed by atoms with Crippen molar-refractivity contribution < 1.29 is 18.0 Å². The number of carbonyl (C=O) groups excluding carboxylic acids is 1. The van der Waals surface area contributed by atoms with Gasteiger partial charge in [-0.1, -0.05) is 19.8 Å². The smallest absolute Gasteiger partial charge is 0.348 e. The maximum Gasteiger partial charge on any atom is 0.416 e. The molecule has 0 aliphatic heterocycles. The van der Waals surface area contributed by atoms with Crippen LogP contribution in [0.2, 0.25) is 0 Å². The van der Waals surface area contributed by atoms with E-state index in [0.29, 0.717) is 23.6 Å². The number of halogens is 3. The van der Waals surface area contributed by atoms with Crippen LogP contribution < -0.4 is 10.6 Å². The Morgan fingerprint density at radius 2 is 1.77 bits per heavy atom. The first-order valence-corrected chi connectivity index (χ1v) is 9.65. The van der Waals surface area contributed by atoms with Crippen LogP contribution in [0.4, 0.5) is 13.2 Å². The second-order valence-electron chi connectivity index (χ2n) is 7.49. The average molecular weight is 368 g/mol. The molecule has 0 radical (unpaired) electrons. The van der Waals surface area contributed by atoms with E-state index in [2.05, 4.69) is 10.6 Å². The van der Waals surface area contributed by atoms with Gasteiger partial charge in [-0.15, -0.1) is 0 Å². The van der Waals surface area contributed by atoms with Crippen molar-refractivity contribution in [2.45, 2.75) is 82.6 Å². The molecule has 0 spiro atoms. The molecule has 26 heavy (non-hydrogen) atoms. The molecule has 6 heteroatoms. The molecule has 1 aromatic carbocycles. The maximum absolute atomic E-state index is 12.9. The number of aryl methyl sites for hydroxylation is 1. The van der Waals surface area contributed by atoms with Crippen molar-refractivity contribution in [1.82, 2.24) is 10.6 Å². The standard InChI is InChI=1S/C20H27F3N2O/c1-2-13-12-14(20(21,22)23)10-11-16(13)19(26)25-18-9-5-8-17(18)24-15-6-3-4-7-15/h10-12,15,17-18,24H,2-9H2,1H3,(H,25,26)/t17-,18?/m0/s1. The van der Waals surface area contributed by atoms with E-state index in [-0.39, 0.29) is 18.0 Å². The van der Waals surface area contributed by atoms with E-state index in [0.717, 1.165) is 31.4 Å². The highest BCUT2D eigenvalue weighted by molar-refractivity contribution is 5.96. The van der Waals surface area contributed by atoms with Crippen LogP contribution in [0.1, 0.15) is 73.4 Å². The van der Waals surface area contributed by atoms with Crippen LogP contribution in [0.3, 0.4) is 0 Å². The number of rotatable bonds is 5. The second kappa shape index (κ2) is 7.99. The van der Waals surface area contributed by atoms with Crippen molar-refractivity contribution in [3.63, 3.8) is 0 Å². The highest BCUT2D eigenvalue weighted by Gasteiger charge is 2.33. The summed E-state index contributed by atoms with van der Waals surface area (Å²) in [6, 6.07) is 4.26. The van der Waals surface area contributed by atoms with Crippen LogP contribution in [-0.4, -0.2) is 24.0 Å². The molecule has 2 atom stereocenters. The van der Waals surface area contributed by atoms with Gasteiger partial charge in [-0.2, -0.15) is 13.2 Å². The first-order chi connectivity index (χ1) is 12.4. The van der Waals surface area contributed by atoms with Gasteiger partial charge in [-0.05, 0) is 62.3 Å². The summed E-state index contributed by atoms with van der Waals surface area (Å²) >= 11 is 0. The predicted molar refractivity (Wildman–Crippen MR) is 95.1 cm³/mol. The summed E-state index contributed by atoms with van der Waals surface area (Å²) in [5, 5.41) is 6.75. The SMILES string of the molecule is CCc1cc(C(F)(F)F)ccc1C(=O)NC1CCC[C@@H]1NC1CCCC1. The summed E-state index contributed by atoms with van der Waals surface area (Å²) in [6.45, 7) is 1.77. The number of hydrogen-bond donors (Lipinski definition) is 2. The Kier molecular flexibility index (Phi) is 5.90. The van der Waals surface area contributed by atoms with Crippen LogP contribution in [-0.2, 0) is 12.6 Å². The molecular weight excluding hydrogens is 341 g/mol. The first-order valence-electron chi connectivity index (χ1n) is 9.65. The normalized spacial score (nSPS) is 24.2. The van der Waals surface area contributed by atoms with Gasteiger partial charge in [0.15, 0.2) is 0 Å². The van der Waals surface area contributed by atoms with Gasteiger partial charge in [0.05, 0.1) is 5.56 Å². The van der Waals surface area contributed by atoms with Gasteiger partial charge in [0.1, 0.15) is 0 Å². The molecule has 3 rings (SSSR count). The monoisotopic (exact) mass is 368 g/mol. The largest absolute Gasteiger partial charge is 0.416 e. The number of carbonyl (C=O) groups is 1. The third kappa shape index (κ3) is 4.40. The fraction of sp³-hybridized carbons (Fsp3) is 0.650. The minimum Gasteiger partial charge on any atom is -0.348 e. The lowest BCUT2D eigenvalue weighted by Gasteiger charge is -2.26. The van der Waals surface area contributed by atoms with Gasteiger partial charge < -0.3 is 10.6 Å². The van der Waals surface area contributed by atoms with E-state index >= 15 is 0 Å². The average Bonchev–Trinajstić information content (AvgIpc) is 3.26. The van der Waals surface area contributed by atoms with Crippen LogP contribution in [0, 0.1) is 0 Å². The summed E-state index contributed by atoms with van der Waals surface area (Å²) in [7, 11) is 0. The fourth-order valence-corrected chi connectivity index (χ4v) is 4.26. The molecule has 2 aliphatic carbocycles. The molecular formula is C20H27F3N2O. The van der Waals surface area contributed by atoms with Crippen molar-refractivity contribution in [1.29, 1.82) is 0 Å². The highest BCUT2D eigenvalue weighted by atomic mass is 19.4. The highest BCUT2D eigenvalue weighted by Crippen LogP contribution is 2.31. The van der Waals surface area contributed by atoms with Gasteiger partial charge in [-0.25, -0.2) is 0 Å². The zero-order chi connectivity index (χ0) is 18.7. The minimum absolute atomic E-state index is 0.0510. The molecule has 2 aliphatic rings. The van der Waals surface area contributed by atoms with Crippen LogP contribution in [0.15, 0.2) is 18.2 Å². The molecule has 144 valence electrons. The Morgan fingerprint density at radius 3 is 2.42 bits per heavy atom. The number of nitrogens with one attached hydrogen (secondary N) is 2. The molecule has 0 bridgehead atoms. The maximum atomic E-state index is 12.9. The van der Waals surface area contributed by atoms with Crippen molar-refractivity contribution >= 4 is 5.91 Å². The van der Waals surface area contributed by atoms with E-state index < -0.39 is 11.7 Å². The predicted octanol–water partition coefficient (Wildman–Crippen LogP) is 4.45. The summed E-state index contributed by atoms with van der Waals surface area (Å²) < 4.78 is 38.7. The number of amides is 1. The Labute approximate surface area is 152 Å². The lowest BCUT2D eigenvalue weighted by molar-refractivity contribution is -0.137. The van der Waals surface area contributed by atoms with Gasteiger partial charge in [0.25, 0.3) is 5.91 Å². The zero-order valence-corrected chi connectivity index (χ0v) is 15.2. The number of alkyl halides is 3. The topological polar surface area (TPSA) is 41.1 Å². The third-order valence-electron chi connectivity index (χ3n) is 5.70. The molecule has 1 unspecified atom stereocenters. The zero-order valence-electron chi connectivity index (χ0n) is 15.2. The molecule has 1 amide bonds. The molecule has 2 saturated carbocycles. The summed E-state index contributed by atoms with van der Waals surface area (Å²) in [5.74, 6) is -0.263. The lowest BCUT2D eigenvalue weighted by atomic mass is 10.00. The third-order valence-corrected chi connectivity index (χ3v) is 5.70. The van der Waals surface area contributed by atoms with Gasteiger partial charge in [-0.3, -0.25) is 4.79 Å². The first kappa shape index (κ1) is 19.2. The van der Waals surface area contributed by atoms with Crippen molar-refractivity contribution in [2.75, 3.05) is 0 Å². The lowest BCUT2D eigenvalue weighted by Crippen LogP contribution is -2.49. The van der Waals surface area contributed by atoms with Gasteiger partial charge >= 0.3 is 6.18 Å². The molecule has 3 nitrogen and oxygen atoms in total. The molecule has 0 saturated heterocycles. The van der Waals surface area contributed by atoms with E-state index in [1.165, 1.54) is 31.7 Å². The number of benzene rings is 1. The second-order valence-corrected chi connectivity index (χ2v) is 7.49. The molecule has 2 N–H and O–H groups in total. The fourth-order valence-electron chi connectivity index (χ4n) is 4.26. The van der Waals surface area contributed by atoms with Crippen molar-refractivity contribution in [3.8, 4) is 0 Å². The Bertz CT molecular complexity index is 638. The van der Waals surface area contributed by atoms with E-state index in [1.807, 2.05) is 0 Å². The summed E-state index contributed by atoms with van der Waals surface area (Å²) in [6.07, 6.45) is 3.91. The van der Waals surface area contributed by atoms with E-state index in [1.54, 1.807) is 6.92 Å². The molecule has 0 heterocycles. The molecule has 0 aromatic heterocycles. The van der Waals surface area contributed by atoms with Crippen LogP contribution >= 0.6 is 0 Å². The van der Waals surface area contributed by atoms with Gasteiger partial charge in [0, 0.05) is 23.7 Å². The Morgan fingerprint density at radius 1 is 1.08 bits per heavy atom. The quantitative estimate of drug-likeness (QED) is 0.806. The number of hydrogen-bond acceptors (Lipinski definition) is 2. The van der Waals surface area contributed by atoms with Crippen LogP contribution in [0.5, 0.6) is 0 Å². The van der Waals surface area contributed by atoms with Crippen molar-refractivity contribution in [3.05, 3.63) is 34.9 Å². The Balaban J connectivity index is 1.68. The Hall–Kier alpha value is -1.56. The summed E-state index contributed by atoms with van der Waals surface area (Å²) in [4.78, 5) is 12.7. The van der Waals surface area contributed by atoms with Gasteiger partial charge in [0.2, 0.25) is 0 Å². The van der Waals surface area contributed by atoms with E-state index in [4.69, 9.17) is 0 Å². The minimum atomic E-state index is -4.39.